The van der Waals surface area contributed by atoms with E-state index in [4.69, 9.17) is 0 Å². The second-order valence-electron chi connectivity index (χ2n) is 5.47. The van der Waals surface area contributed by atoms with E-state index in [2.05, 4.69) is 15.4 Å². The van der Waals surface area contributed by atoms with Crippen LogP contribution >= 0.6 is 0 Å². The number of hydrogen-bond acceptors (Lipinski definition) is 5. The van der Waals surface area contributed by atoms with Crippen molar-refractivity contribution < 1.29 is 29.9 Å². The molecule has 3 rings (SSSR count). The first-order valence-electron chi connectivity index (χ1n) is 7.03. The van der Waals surface area contributed by atoms with E-state index in [0.29, 0.717) is 23.6 Å². The van der Waals surface area contributed by atoms with E-state index in [9.17, 15) is 29.9 Å². The minimum absolute atomic E-state index is 0.0362. The molecule has 1 fully saturated rings. The van der Waals surface area contributed by atoms with Crippen molar-refractivity contribution >= 4 is 16.2 Å². The van der Waals surface area contributed by atoms with Crippen LogP contribution in [0.25, 0.3) is 5.69 Å². The molecule has 25 heavy (non-hydrogen) atoms. The summed E-state index contributed by atoms with van der Waals surface area (Å²) in [7, 11) is -3.97. The zero-order chi connectivity index (χ0) is 18.6. The Morgan fingerprint density at radius 1 is 1.28 bits per heavy atom. The van der Waals surface area contributed by atoms with Crippen molar-refractivity contribution in [3.8, 4) is 5.69 Å². The van der Waals surface area contributed by atoms with Crippen molar-refractivity contribution in [1.82, 2.24) is 14.8 Å². The first-order valence-corrected chi connectivity index (χ1v) is 8.41. The average molecular weight is 382 g/mol. The number of aromatic nitrogens is 3. The lowest BCUT2D eigenvalue weighted by atomic mass is 10.1. The van der Waals surface area contributed by atoms with E-state index >= 15 is 0 Å². The van der Waals surface area contributed by atoms with Crippen LogP contribution in [0, 0.1) is 5.82 Å². The molecule has 0 saturated heterocycles. The van der Waals surface area contributed by atoms with E-state index in [1.54, 1.807) is 0 Å². The smallest absolute Gasteiger partial charge is 0.357 e. The van der Waals surface area contributed by atoms with Crippen LogP contribution in [0.3, 0.4) is 0 Å². The van der Waals surface area contributed by atoms with Gasteiger partial charge in [0.2, 0.25) is 5.95 Å². The summed E-state index contributed by atoms with van der Waals surface area (Å²) in [4.78, 5) is 2.40. The summed E-state index contributed by atoms with van der Waals surface area (Å²) in [5.74, 6) is -3.36. The van der Waals surface area contributed by atoms with Gasteiger partial charge in [-0.2, -0.15) is 31.3 Å². The zero-order valence-corrected chi connectivity index (χ0v) is 13.4. The number of alkyl halides is 3. The second-order valence-corrected chi connectivity index (χ2v) is 6.79. The number of nitrogens with one attached hydrogen (secondary N) is 1. The van der Waals surface area contributed by atoms with Crippen LogP contribution in [0.1, 0.15) is 30.1 Å². The molecule has 0 aliphatic heterocycles. The minimum Gasteiger partial charge on any atom is -0.357 e. The fourth-order valence-electron chi connectivity index (χ4n) is 2.41. The van der Waals surface area contributed by atoms with Crippen LogP contribution in [0.4, 0.5) is 27.4 Å². The van der Waals surface area contributed by atoms with E-state index in [0.717, 1.165) is 6.07 Å². The molecule has 1 aliphatic carbocycles. The van der Waals surface area contributed by atoms with Crippen molar-refractivity contribution in [3.63, 3.8) is 0 Å². The lowest BCUT2D eigenvalue weighted by Crippen LogP contribution is -2.10. The van der Waals surface area contributed by atoms with Gasteiger partial charge in [-0.1, -0.05) is 0 Å². The molecule has 0 radical (unpaired) electrons. The average Bonchev–Trinajstić information content (AvgIpc) is 3.23. The molecule has 0 bridgehead atoms. The summed E-state index contributed by atoms with van der Waals surface area (Å²) in [6.07, 6.45) is -3.74. The third-order valence-corrected chi connectivity index (χ3v) is 4.55. The predicted octanol–water partition coefficient (Wildman–Crippen LogP) is 3.00. The van der Waals surface area contributed by atoms with Gasteiger partial charge in [0.05, 0.1) is 0 Å². The molecular formula is C13H11F5N4O2S. The van der Waals surface area contributed by atoms with Gasteiger partial charge in [0.25, 0.3) is 5.82 Å². The van der Waals surface area contributed by atoms with Crippen LogP contribution in [0.15, 0.2) is 17.0 Å². The second kappa shape index (κ2) is 5.64. The maximum Gasteiger partial charge on any atom is 0.453 e. The van der Waals surface area contributed by atoms with E-state index in [-0.39, 0.29) is 11.5 Å². The van der Waals surface area contributed by atoms with Crippen LogP contribution in [0.5, 0.6) is 0 Å². The van der Waals surface area contributed by atoms with Gasteiger partial charge in [0.1, 0.15) is 16.4 Å². The lowest BCUT2D eigenvalue weighted by molar-refractivity contribution is -0.144. The molecule has 0 amide bonds. The van der Waals surface area contributed by atoms with Crippen molar-refractivity contribution in [3.05, 3.63) is 29.3 Å². The summed E-state index contributed by atoms with van der Waals surface area (Å²) in [6.45, 7) is 0. The highest BCUT2D eigenvalue weighted by Crippen LogP contribution is 2.44. The molecule has 0 spiro atoms. The first-order chi connectivity index (χ1) is 11.5. The van der Waals surface area contributed by atoms with Gasteiger partial charge in [-0.15, -0.1) is 8.98 Å². The van der Waals surface area contributed by atoms with Gasteiger partial charge < -0.3 is 5.32 Å². The van der Waals surface area contributed by atoms with Crippen LogP contribution in [-0.4, -0.2) is 30.2 Å². The number of hydrogen-bond donors (Lipinski definition) is 1. The highest BCUT2D eigenvalue weighted by Gasteiger charge is 2.38. The number of benzene rings is 1. The van der Waals surface area contributed by atoms with Crippen LogP contribution in [0.2, 0.25) is 0 Å². The molecule has 1 saturated carbocycles. The standard InChI is InChI=1S/C13H11F5N4O2S/c1-19-12-20-11(13(15,16)17)21-22(12)9-5-10(25(18,23)24)7(4-8(9)14)6-2-3-6/h4-6H,2-3H2,1H3,(H,19,20,21). The predicted molar refractivity (Wildman–Crippen MR) is 76.1 cm³/mol. The molecule has 6 nitrogen and oxygen atoms in total. The van der Waals surface area contributed by atoms with Crippen molar-refractivity contribution in [2.24, 2.45) is 0 Å². The number of rotatable bonds is 4. The van der Waals surface area contributed by atoms with Gasteiger partial charge in [0.15, 0.2) is 0 Å². The SMILES string of the molecule is CNc1nc(C(F)(F)F)nn1-c1cc(S(=O)(=O)F)c(C2CC2)cc1F. The summed E-state index contributed by atoms with van der Waals surface area (Å²) in [5, 5.41) is 5.46. The normalized spacial score (nSPS) is 15.4. The number of anilines is 1. The quantitative estimate of drug-likeness (QED) is 0.650. The molecule has 136 valence electrons. The molecule has 1 heterocycles. The maximum absolute atomic E-state index is 14.4. The Morgan fingerprint density at radius 3 is 2.40 bits per heavy atom. The maximum atomic E-state index is 14.4. The number of halogens is 5. The highest BCUT2D eigenvalue weighted by molar-refractivity contribution is 7.86. The van der Waals surface area contributed by atoms with Crippen LogP contribution in [-0.2, 0) is 16.4 Å². The van der Waals surface area contributed by atoms with Gasteiger partial charge in [-0.05, 0) is 36.5 Å². The van der Waals surface area contributed by atoms with Gasteiger partial charge in [-0.25, -0.2) is 4.39 Å². The van der Waals surface area contributed by atoms with E-state index < -0.39 is 44.6 Å². The van der Waals surface area contributed by atoms with Crippen molar-refractivity contribution in [1.29, 1.82) is 0 Å². The Balaban J connectivity index is 2.23. The molecule has 1 aliphatic rings. The van der Waals surface area contributed by atoms with E-state index in [1.165, 1.54) is 7.05 Å². The zero-order valence-electron chi connectivity index (χ0n) is 12.6. The summed E-state index contributed by atoms with van der Waals surface area (Å²) >= 11 is 0. The Bertz CT molecular complexity index is 935. The molecule has 2 aromatic rings. The third-order valence-electron chi connectivity index (χ3n) is 3.67. The van der Waals surface area contributed by atoms with Gasteiger partial charge >= 0.3 is 16.4 Å². The minimum atomic E-state index is -5.20. The Hall–Kier alpha value is -2.24. The van der Waals surface area contributed by atoms with Gasteiger partial charge in [0, 0.05) is 7.05 Å². The van der Waals surface area contributed by atoms with Crippen molar-refractivity contribution in [2.45, 2.75) is 29.8 Å². The largest absolute Gasteiger partial charge is 0.453 e. The molecular weight excluding hydrogens is 371 g/mol. The fourth-order valence-corrected chi connectivity index (χ4v) is 3.17. The Kier molecular flexibility index (Phi) is 3.97. The Labute approximate surface area is 138 Å². The third kappa shape index (κ3) is 3.30. The highest BCUT2D eigenvalue weighted by atomic mass is 32.3. The molecule has 12 heteroatoms. The molecule has 1 aromatic heterocycles. The first kappa shape index (κ1) is 17.6. The monoisotopic (exact) mass is 382 g/mol. The van der Waals surface area contributed by atoms with Gasteiger partial charge in [-0.3, -0.25) is 0 Å². The van der Waals surface area contributed by atoms with Crippen LogP contribution < -0.4 is 5.32 Å². The fraction of sp³-hybridized carbons (Fsp3) is 0.385. The summed E-state index contributed by atoms with van der Waals surface area (Å²) in [5.41, 5.74) is -0.695. The summed E-state index contributed by atoms with van der Waals surface area (Å²) < 4.78 is 89.5. The molecule has 0 unspecified atom stereocenters. The summed E-state index contributed by atoms with van der Waals surface area (Å²) in [6, 6.07) is 1.45. The molecule has 1 N–H and O–H groups in total. The molecule has 1 aromatic carbocycles. The van der Waals surface area contributed by atoms with Crippen molar-refractivity contribution in [2.75, 3.05) is 12.4 Å². The topological polar surface area (TPSA) is 76.9 Å². The molecule has 0 atom stereocenters. The Morgan fingerprint density at radius 2 is 1.92 bits per heavy atom. The number of nitrogens with zero attached hydrogens (tertiary/aromatic N) is 3. The van der Waals surface area contributed by atoms with E-state index in [1.807, 2.05) is 0 Å². The lowest BCUT2D eigenvalue weighted by Gasteiger charge is -2.11.